The summed E-state index contributed by atoms with van der Waals surface area (Å²) in [4.78, 5) is 1.29. The van der Waals surface area contributed by atoms with Crippen molar-refractivity contribution in [3.63, 3.8) is 0 Å². The van der Waals surface area contributed by atoms with Crippen LogP contribution in [0.25, 0.3) is 0 Å². The second-order valence-electron chi connectivity index (χ2n) is 3.71. The van der Waals surface area contributed by atoms with E-state index in [1.54, 1.807) is 0 Å². The molecule has 0 saturated carbocycles. The van der Waals surface area contributed by atoms with E-state index >= 15 is 0 Å². The molecule has 0 aromatic heterocycles. The Bertz CT molecular complexity index is 504. The van der Waals surface area contributed by atoms with Crippen LogP contribution in [0.2, 0.25) is 5.02 Å². The van der Waals surface area contributed by atoms with E-state index < -0.39 is 0 Å². The lowest BCUT2D eigenvalue weighted by Gasteiger charge is -2.08. The van der Waals surface area contributed by atoms with E-state index in [2.05, 4.69) is 45.5 Å². The van der Waals surface area contributed by atoms with Crippen molar-refractivity contribution in [2.75, 3.05) is 17.6 Å². The minimum absolute atomic E-state index is 0.753. The molecule has 0 aliphatic heterocycles. The van der Waals surface area contributed by atoms with Gasteiger partial charge in [-0.15, -0.1) is 11.8 Å². The van der Waals surface area contributed by atoms with E-state index in [0.29, 0.717) is 0 Å². The van der Waals surface area contributed by atoms with Gasteiger partial charge in [-0.05, 0) is 30.3 Å². The lowest BCUT2D eigenvalue weighted by atomic mass is 10.3. The Morgan fingerprint density at radius 1 is 1.11 bits per heavy atom. The van der Waals surface area contributed by atoms with Crippen LogP contribution in [0.3, 0.4) is 0 Å². The number of hydrogen-bond donors (Lipinski definition) is 1. The van der Waals surface area contributed by atoms with Crippen molar-refractivity contribution >= 4 is 45.0 Å². The van der Waals surface area contributed by atoms with Crippen LogP contribution in [0.15, 0.2) is 57.9 Å². The van der Waals surface area contributed by atoms with Gasteiger partial charge in [0.05, 0.1) is 10.7 Å². The Balaban J connectivity index is 1.80. The highest BCUT2D eigenvalue weighted by molar-refractivity contribution is 9.10. The molecule has 0 spiro atoms. The molecule has 0 fully saturated rings. The van der Waals surface area contributed by atoms with Gasteiger partial charge in [0.15, 0.2) is 0 Å². The summed E-state index contributed by atoms with van der Waals surface area (Å²) < 4.78 is 1.03. The van der Waals surface area contributed by atoms with Gasteiger partial charge in [0.25, 0.3) is 0 Å². The maximum atomic E-state index is 6.10. The van der Waals surface area contributed by atoms with Gasteiger partial charge in [0.2, 0.25) is 0 Å². The number of rotatable bonds is 5. The van der Waals surface area contributed by atoms with Crippen LogP contribution in [-0.4, -0.2) is 12.3 Å². The monoisotopic (exact) mass is 341 g/mol. The van der Waals surface area contributed by atoms with Gasteiger partial charge in [-0.3, -0.25) is 0 Å². The third-order valence-electron chi connectivity index (χ3n) is 2.36. The molecular formula is C14H13BrClNS. The highest BCUT2D eigenvalue weighted by Gasteiger charge is 2.00. The second kappa shape index (κ2) is 7.07. The van der Waals surface area contributed by atoms with Gasteiger partial charge in [0, 0.05) is 21.7 Å². The minimum Gasteiger partial charge on any atom is -0.383 e. The van der Waals surface area contributed by atoms with Crippen LogP contribution in [0.4, 0.5) is 5.69 Å². The molecule has 94 valence electrons. The minimum atomic E-state index is 0.753. The Morgan fingerprint density at radius 3 is 2.67 bits per heavy atom. The molecule has 0 atom stereocenters. The van der Waals surface area contributed by atoms with Crippen molar-refractivity contribution in [3.05, 3.63) is 58.0 Å². The van der Waals surface area contributed by atoms with Crippen LogP contribution in [0.5, 0.6) is 0 Å². The quantitative estimate of drug-likeness (QED) is 0.584. The molecule has 0 radical (unpaired) electrons. The predicted molar refractivity (Wildman–Crippen MR) is 84.8 cm³/mol. The smallest absolute Gasteiger partial charge is 0.0638 e. The van der Waals surface area contributed by atoms with E-state index in [1.165, 1.54) is 4.90 Å². The fourth-order valence-electron chi connectivity index (χ4n) is 1.50. The Kier molecular flexibility index (Phi) is 5.42. The van der Waals surface area contributed by atoms with Crippen molar-refractivity contribution in [2.24, 2.45) is 0 Å². The molecular weight excluding hydrogens is 330 g/mol. The normalized spacial score (nSPS) is 10.3. The molecule has 4 heteroatoms. The highest BCUT2D eigenvalue weighted by atomic mass is 79.9. The largest absolute Gasteiger partial charge is 0.383 e. The van der Waals surface area contributed by atoms with Gasteiger partial charge in [-0.25, -0.2) is 0 Å². The number of benzene rings is 2. The summed E-state index contributed by atoms with van der Waals surface area (Å²) in [5.41, 5.74) is 0.972. The molecule has 0 heterocycles. The first-order valence-electron chi connectivity index (χ1n) is 5.62. The Labute approximate surface area is 125 Å². The molecule has 0 unspecified atom stereocenters. The van der Waals surface area contributed by atoms with E-state index in [-0.39, 0.29) is 0 Å². The van der Waals surface area contributed by atoms with Gasteiger partial charge >= 0.3 is 0 Å². The number of hydrogen-bond acceptors (Lipinski definition) is 2. The van der Waals surface area contributed by atoms with Gasteiger partial charge < -0.3 is 5.32 Å². The molecule has 2 aromatic carbocycles. The number of halogens is 2. The summed E-state index contributed by atoms with van der Waals surface area (Å²) in [5.74, 6) is 1.01. The highest BCUT2D eigenvalue weighted by Crippen LogP contribution is 2.26. The fourth-order valence-corrected chi connectivity index (χ4v) is 2.84. The zero-order valence-corrected chi connectivity index (χ0v) is 12.9. The summed E-state index contributed by atoms with van der Waals surface area (Å²) in [6.07, 6.45) is 0. The van der Waals surface area contributed by atoms with E-state index in [4.69, 9.17) is 11.6 Å². The molecule has 1 N–H and O–H groups in total. The van der Waals surface area contributed by atoms with Crippen LogP contribution in [0.1, 0.15) is 0 Å². The first-order valence-corrected chi connectivity index (χ1v) is 7.78. The molecule has 18 heavy (non-hydrogen) atoms. The Morgan fingerprint density at radius 2 is 1.89 bits per heavy atom. The van der Waals surface area contributed by atoms with Crippen molar-refractivity contribution in [3.8, 4) is 0 Å². The molecule has 0 bridgehead atoms. The van der Waals surface area contributed by atoms with E-state index in [1.807, 2.05) is 36.0 Å². The maximum absolute atomic E-state index is 6.10. The summed E-state index contributed by atoms with van der Waals surface area (Å²) in [6.45, 7) is 0.885. The average molecular weight is 343 g/mol. The molecule has 1 nitrogen and oxygen atoms in total. The third-order valence-corrected chi connectivity index (χ3v) is 4.19. The lowest BCUT2D eigenvalue weighted by molar-refractivity contribution is 1.22. The van der Waals surface area contributed by atoms with Crippen LogP contribution in [0, 0.1) is 0 Å². The van der Waals surface area contributed by atoms with Crippen molar-refractivity contribution < 1.29 is 0 Å². The number of thioether (sulfide) groups is 1. The van der Waals surface area contributed by atoms with Crippen molar-refractivity contribution in [1.82, 2.24) is 0 Å². The molecule has 2 rings (SSSR count). The topological polar surface area (TPSA) is 12.0 Å². The van der Waals surface area contributed by atoms with E-state index in [0.717, 1.165) is 27.5 Å². The molecule has 0 amide bonds. The molecule has 0 aliphatic rings. The summed E-state index contributed by atoms with van der Waals surface area (Å²) >= 11 is 11.4. The van der Waals surface area contributed by atoms with Crippen molar-refractivity contribution in [2.45, 2.75) is 4.90 Å². The first kappa shape index (κ1) is 13.8. The summed E-state index contributed by atoms with van der Waals surface area (Å²) in [7, 11) is 0. The number of nitrogens with one attached hydrogen (secondary N) is 1. The maximum Gasteiger partial charge on any atom is 0.0638 e. The van der Waals surface area contributed by atoms with Crippen LogP contribution >= 0.6 is 39.3 Å². The van der Waals surface area contributed by atoms with Crippen LogP contribution < -0.4 is 5.32 Å². The zero-order chi connectivity index (χ0) is 12.8. The Hall–Kier alpha value is -0.640. The van der Waals surface area contributed by atoms with Gasteiger partial charge in [0.1, 0.15) is 0 Å². The third kappa shape index (κ3) is 4.23. The molecule has 0 saturated heterocycles. The summed E-state index contributed by atoms with van der Waals surface area (Å²) in [5, 5.41) is 4.09. The lowest BCUT2D eigenvalue weighted by Crippen LogP contribution is -2.04. The van der Waals surface area contributed by atoms with Crippen LogP contribution in [-0.2, 0) is 0 Å². The van der Waals surface area contributed by atoms with E-state index in [9.17, 15) is 0 Å². The fraction of sp³-hybridized carbons (Fsp3) is 0.143. The van der Waals surface area contributed by atoms with Gasteiger partial charge in [-0.2, -0.15) is 0 Å². The second-order valence-corrected chi connectivity index (χ2v) is 6.20. The molecule has 0 aliphatic carbocycles. The average Bonchev–Trinajstić information content (AvgIpc) is 2.40. The standard InChI is InChI=1S/C14H13BrClNS/c15-11-6-7-13(16)14(10-11)17-8-9-18-12-4-2-1-3-5-12/h1-7,10,17H,8-9H2. The summed E-state index contributed by atoms with van der Waals surface area (Å²) in [6, 6.07) is 16.2. The SMILES string of the molecule is Clc1ccc(Br)cc1NCCSc1ccccc1. The zero-order valence-electron chi connectivity index (χ0n) is 9.70. The number of anilines is 1. The predicted octanol–water partition coefficient (Wildman–Crippen LogP) is 5.31. The first-order chi connectivity index (χ1) is 8.75. The van der Waals surface area contributed by atoms with Gasteiger partial charge in [-0.1, -0.05) is 45.7 Å². The molecule has 2 aromatic rings. The van der Waals surface area contributed by atoms with Crippen molar-refractivity contribution in [1.29, 1.82) is 0 Å².